The van der Waals surface area contributed by atoms with Crippen molar-refractivity contribution in [3.63, 3.8) is 0 Å². The van der Waals surface area contributed by atoms with Gasteiger partial charge < -0.3 is 5.73 Å². The van der Waals surface area contributed by atoms with Gasteiger partial charge in [0.05, 0.1) is 5.54 Å². The SMILES string of the molecule is CC[C@@](C)(N)C#C[Si](C)(C)C. The van der Waals surface area contributed by atoms with E-state index >= 15 is 0 Å². The van der Waals surface area contributed by atoms with Crippen LogP contribution in [0.5, 0.6) is 0 Å². The summed E-state index contributed by atoms with van der Waals surface area (Å²) in [5.41, 5.74) is 8.87. The Labute approximate surface area is 71.4 Å². The molecule has 0 aromatic carbocycles. The van der Waals surface area contributed by atoms with Crippen LogP contribution in [0.25, 0.3) is 0 Å². The zero-order valence-corrected chi connectivity index (χ0v) is 9.28. The van der Waals surface area contributed by atoms with Gasteiger partial charge in [-0.2, -0.15) is 0 Å². The standard InChI is InChI=1S/C9H19NSi/c1-6-9(2,10)7-8-11(3,4)5/h6,10H2,1-5H3/t9-/m1/s1. The monoisotopic (exact) mass is 169 g/mol. The van der Waals surface area contributed by atoms with Gasteiger partial charge >= 0.3 is 0 Å². The van der Waals surface area contributed by atoms with Gasteiger partial charge in [-0.1, -0.05) is 32.5 Å². The summed E-state index contributed by atoms with van der Waals surface area (Å²) in [5, 5.41) is 0. The van der Waals surface area contributed by atoms with Crippen LogP contribution in [-0.2, 0) is 0 Å². The molecule has 0 bridgehead atoms. The van der Waals surface area contributed by atoms with Crippen molar-refractivity contribution in [3.05, 3.63) is 0 Å². The highest BCUT2D eigenvalue weighted by Crippen LogP contribution is 2.04. The first kappa shape index (κ1) is 10.7. The van der Waals surface area contributed by atoms with Crippen LogP contribution >= 0.6 is 0 Å². The van der Waals surface area contributed by atoms with E-state index in [0.29, 0.717) is 0 Å². The highest BCUT2D eigenvalue weighted by Gasteiger charge is 2.13. The number of rotatable bonds is 1. The minimum absolute atomic E-state index is 0.277. The number of hydrogen-bond acceptors (Lipinski definition) is 1. The molecule has 1 atom stereocenters. The predicted molar refractivity (Wildman–Crippen MR) is 54.0 cm³/mol. The fourth-order valence-corrected chi connectivity index (χ4v) is 1.08. The number of nitrogens with two attached hydrogens (primary N) is 1. The molecule has 0 radical (unpaired) electrons. The lowest BCUT2D eigenvalue weighted by Gasteiger charge is -2.15. The van der Waals surface area contributed by atoms with Gasteiger partial charge in [-0.15, -0.1) is 5.54 Å². The summed E-state index contributed by atoms with van der Waals surface area (Å²) >= 11 is 0. The fraction of sp³-hybridized carbons (Fsp3) is 0.778. The van der Waals surface area contributed by atoms with Crippen molar-refractivity contribution in [2.24, 2.45) is 5.73 Å². The zero-order chi connectivity index (χ0) is 9.12. The van der Waals surface area contributed by atoms with Crippen molar-refractivity contribution in [2.45, 2.75) is 45.4 Å². The van der Waals surface area contributed by atoms with Crippen LogP contribution in [-0.4, -0.2) is 13.6 Å². The first-order valence-electron chi connectivity index (χ1n) is 4.10. The van der Waals surface area contributed by atoms with E-state index in [1.54, 1.807) is 0 Å². The van der Waals surface area contributed by atoms with Crippen LogP contribution < -0.4 is 5.73 Å². The Hall–Kier alpha value is -0.263. The summed E-state index contributed by atoms with van der Waals surface area (Å²) in [6.45, 7) is 10.7. The minimum atomic E-state index is -1.22. The Morgan fingerprint density at radius 1 is 1.36 bits per heavy atom. The first-order valence-corrected chi connectivity index (χ1v) is 7.60. The second-order valence-electron chi connectivity index (χ2n) is 4.27. The third kappa shape index (κ3) is 6.15. The van der Waals surface area contributed by atoms with E-state index in [-0.39, 0.29) is 5.54 Å². The van der Waals surface area contributed by atoms with E-state index in [9.17, 15) is 0 Å². The van der Waals surface area contributed by atoms with Gasteiger partial charge in [0.25, 0.3) is 0 Å². The van der Waals surface area contributed by atoms with Crippen LogP contribution in [0.4, 0.5) is 0 Å². The van der Waals surface area contributed by atoms with Gasteiger partial charge in [-0.05, 0) is 13.3 Å². The van der Waals surface area contributed by atoms with Crippen LogP contribution in [0, 0.1) is 11.5 Å². The largest absolute Gasteiger partial charge is 0.315 e. The molecule has 0 aliphatic rings. The van der Waals surface area contributed by atoms with E-state index in [2.05, 4.69) is 38.0 Å². The van der Waals surface area contributed by atoms with Crippen molar-refractivity contribution in [3.8, 4) is 11.5 Å². The maximum absolute atomic E-state index is 5.87. The smallest absolute Gasteiger partial charge is 0.129 e. The molecule has 0 aromatic heterocycles. The highest BCUT2D eigenvalue weighted by molar-refractivity contribution is 6.83. The maximum Gasteiger partial charge on any atom is 0.129 e. The molecule has 64 valence electrons. The Kier molecular flexibility index (Phi) is 3.34. The summed E-state index contributed by atoms with van der Waals surface area (Å²) in [6.07, 6.45) is 0.921. The molecule has 0 aromatic rings. The van der Waals surface area contributed by atoms with Crippen molar-refractivity contribution < 1.29 is 0 Å². The quantitative estimate of drug-likeness (QED) is 0.471. The minimum Gasteiger partial charge on any atom is -0.315 e. The van der Waals surface area contributed by atoms with Gasteiger partial charge in [0.15, 0.2) is 0 Å². The normalized spacial score (nSPS) is 16.5. The third-order valence-electron chi connectivity index (χ3n) is 1.46. The van der Waals surface area contributed by atoms with E-state index in [1.807, 2.05) is 6.92 Å². The number of hydrogen-bond donors (Lipinski definition) is 1. The van der Waals surface area contributed by atoms with Gasteiger partial charge in [0.1, 0.15) is 8.07 Å². The molecule has 0 rings (SSSR count). The lowest BCUT2D eigenvalue weighted by molar-refractivity contribution is 0.586. The molecule has 2 heteroatoms. The van der Waals surface area contributed by atoms with Gasteiger partial charge in [-0.25, -0.2) is 0 Å². The molecule has 0 unspecified atom stereocenters. The van der Waals surface area contributed by atoms with Gasteiger partial charge in [-0.3, -0.25) is 0 Å². The van der Waals surface area contributed by atoms with Crippen molar-refractivity contribution in [2.75, 3.05) is 0 Å². The highest BCUT2D eigenvalue weighted by atomic mass is 28.3. The second kappa shape index (κ2) is 3.42. The summed E-state index contributed by atoms with van der Waals surface area (Å²) in [5.74, 6) is 3.14. The maximum atomic E-state index is 5.87. The zero-order valence-electron chi connectivity index (χ0n) is 8.28. The molecule has 0 fully saturated rings. The first-order chi connectivity index (χ1) is 4.77. The van der Waals surface area contributed by atoms with E-state index in [0.717, 1.165) is 6.42 Å². The molecule has 0 heterocycles. The predicted octanol–water partition coefficient (Wildman–Crippen LogP) is 1.99. The molecule has 1 nitrogen and oxygen atoms in total. The molecule has 0 saturated carbocycles. The van der Waals surface area contributed by atoms with Crippen molar-refractivity contribution >= 4 is 8.07 Å². The van der Waals surface area contributed by atoms with Crippen LogP contribution in [0.15, 0.2) is 0 Å². The molecule has 0 aliphatic heterocycles. The van der Waals surface area contributed by atoms with Crippen LogP contribution in [0.3, 0.4) is 0 Å². The van der Waals surface area contributed by atoms with E-state index in [4.69, 9.17) is 5.73 Å². The van der Waals surface area contributed by atoms with Crippen LogP contribution in [0.2, 0.25) is 19.6 Å². The lowest BCUT2D eigenvalue weighted by atomic mass is 10.0. The lowest BCUT2D eigenvalue weighted by Crippen LogP contribution is -2.34. The van der Waals surface area contributed by atoms with E-state index in [1.165, 1.54) is 0 Å². The molecule has 0 spiro atoms. The Morgan fingerprint density at radius 2 is 1.82 bits per heavy atom. The molecular weight excluding hydrogens is 150 g/mol. The van der Waals surface area contributed by atoms with Gasteiger partial charge in [0, 0.05) is 0 Å². The summed E-state index contributed by atoms with van der Waals surface area (Å²) in [6, 6.07) is 0. The summed E-state index contributed by atoms with van der Waals surface area (Å²) < 4.78 is 0. The van der Waals surface area contributed by atoms with E-state index < -0.39 is 8.07 Å². The molecule has 2 N–H and O–H groups in total. The Morgan fingerprint density at radius 3 is 2.09 bits per heavy atom. The Balaban J connectivity index is 4.29. The summed E-state index contributed by atoms with van der Waals surface area (Å²) in [4.78, 5) is 0. The molecule has 11 heavy (non-hydrogen) atoms. The molecule has 0 amide bonds. The molecule has 0 aliphatic carbocycles. The molecule has 0 saturated heterocycles. The topological polar surface area (TPSA) is 26.0 Å². The summed E-state index contributed by atoms with van der Waals surface area (Å²) in [7, 11) is -1.22. The van der Waals surface area contributed by atoms with Crippen molar-refractivity contribution in [1.29, 1.82) is 0 Å². The van der Waals surface area contributed by atoms with Gasteiger partial charge in [0.2, 0.25) is 0 Å². The van der Waals surface area contributed by atoms with Crippen LogP contribution in [0.1, 0.15) is 20.3 Å². The second-order valence-corrected chi connectivity index (χ2v) is 9.02. The van der Waals surface area contributed by atoms with Crippen molar-refractivity contribution in [1.82, 2.24) is 0 Å². The molecular formula is C9H19NSi. The average molecular weight is 169 g/mol. The Bertz CT molecular complexity index is 178. The fourth-order valence-electron chi connectivity index (χ4n) is 0.419. The average Bonchev–Trinajstić information content (AvgIpc) is 1.83. The third-order valence-corrected chi connectivity index (χ3v) is 2.33.